The van der Waals surface area contributed by atoms with E-state index >= 15 is 0 Å². The van der Waals surface area contributed by atoms with Crippen LogP contribution in [0.25, 0.3) is 22.4 Å². The molecule has 0 radical (unpaired) electrons. The molecule has 6 nitrogen and oxygen atoms in total. The maximum atomic E-state index is 13.2. The molecule has 1 aromatic carbocycles. The van der Waals surface area contributed by atoms with E-state index in [0.29, 0.717) is 30.6 Å². The Hall–Kier alpha value is -3.41. The van der Waals surface area contributed by atoms with Crippen molar-refractivity contribution in [3.63, 3.8) is 0 Å². The van der Waals surface area contributed by atoms with E-state index in [1.54, 1.807) is 11.8 Å². The van der Waals surface area contributed by atoms with Gasteiger partial charge in [0.15, 0.2) is 0 Å². The molecule has 154 valence electrons. The van der Waals surface area contributed by atoms with Gasteiger partial charge in [0.2, 0.25) is 0 Å². The highest BCUT2D eigenvalue weighted by Crippen LogP contribution is 2.34. The summed E-state index contributed by atoms with van der Waals surface area (Å²) in [6.45, 7) is 2.65. The molecule has 9 heteroatoms. The third-order valence-corrected chi connectivity index (χ3v) is 5.29. The molecule has 1 amide bonds. The molecule has 0 bridgehead atoms. The summed E-state index contributed by atoms with van der Waals surface area (Å²) in [6, 6.07) is 8.38. The van der Waals surface area contributed by atoms with Crippen molar-refractivity contribution < 1.29 is 22.5 Å². The van der Waals surface area contributed by atoms with Crippen molar-refractivity contribution in [1.82, 2.24) is 15.0 Å². The van der Waals surface area contributed by atoms with Gasteiger partial charge >= 0.3 is 6.18 Å². The maximum Gasteiger partial charge on any atom is 0.416 e. The molecule has 1 saturated heterocycles. The molecule has 30 heavy (non-hydrogen) atoms. The fraction of sp³-hybridized carbons (Fsp3) is 0.333. The van der Waals surface area contributed by atoms with Gasteiger partial charge < -0.3 is 9.42 Å². The van der Waals surface area contributed by atoms with E-state index in [1.165, 1.54) is 18.2 Å². The number of hydrogen-bond donors (Lipinski definition) is 0. The van der Waals surface area contributed by atoms with E-state index in [9.17, 15) is 18.0 Å². The minimum atomic E-state index is -4.49. The molecule has 1 fully saturated rings. The SMILES string of the molecule is Cc1noc2nc(-c3cccc(C(F)(F)F)c3)cc(C(=O)N3CCC(CC#N)C3)c12. The lowest BCUT2D eigenvalue weighted by atomic mass is 10.0. The third kappa shape index (κ3) is 3.61. The molecule has 1 unspecified atom stereocenters. The Morgan fingerprint density at radius 1 is 1.37 bits per heavy atom. The quantitative estimate of drug-likeness (QED) is 0.626. The molecule has 1 aliphatic rings. The van der Waals surface area contributed by atoms with Crippen LogP contribution in [-0.4, -0.2) is 34.0 Å². The smallest absolute Gasteiger partial charge is 0.338 e. The molecule has 0 spiro atoms. The number of fused-ring (bicyclic) bond motifs is 1. The number of carbonyl (C=O) groups excluding carboxylic acids is 1. The molecular weight excluding hydrogens is 397 g/mol. The van der Waals surface area contributed by atoms with E-state index in [1.807, 2.05) is 0 Å². The maximum absolute atomic E-state index is 13.2. The van der Waals surface area contributed by atoms with Gasteiger partial charge in [-0.25, -0.2) is 4.98 Å². The first-order chi connectivity index (χ1) is 14.3. The fourth-order valence-electron chi connectivity index (χ4n) is 3.75. The zero-order valence-corrected chi connectivity index (χ0v) is 16.0. The van der Waals surface area contributed by atoms with Crippen LogP contribution < -0.4 is 0 Å². The standard InChI is InChI=1S/C21H17F3N4O2/c1-12-18-16(20(29)28-8-6-13(11-28)5-7-25)10-17(26-19(18)30-27-12)14-3-2-4-15(9-14)21(22,23)24/h2-4,9-10,13H,5-6,8,11H2,1H3. The topological polar surface area (TPSA) is 83.0 Å². The van der Waals surface area contributed by atoms with Crippen LogP contribution >= 0.6 is 0 Å². The van der Waals surface area contributed by atoms with Crippen LogP contribution in [0.15, 0.2) is 34.9 Å². The molecule has 4 rings (SSSR count). The highest BCUT2D eigenvalue weighted by Gasteiger charge is 2.32. The van der Waals surface area contributed by atoms with Crippen LogP contribution in [0.2, 0.25) is 0 Å². The van der Waals surface area contributed by atoms with Gasteiger partial charge in [0.25, 0.3) is 11.6 Å². The van der Waals surface area contributed by atoms with E-state index < -0.39 is 11.7 Å². The number of halogens is 3. The predicted octanol–water partition coefficient (Wildman–Crippen LogP) is 4.59. The Labute approximate surface area is 169 Å². The summed E-state index contributed by atoms with van der Waals surface area (Å²) >= 11 is 0. The molecule has 1 atom stereocenters. The highest BCUT2D eigenvalue weighted by molar-refractivity contribution is 6.07. The lowest BCUT2D eigenvalue weighted by Crippen LogP contribution is -2.29. The number of amides is 1. The molecule has 1 aliphatic heterocycles. The van der Waals surface area contributed by atoms with Crippen molar-refractivity contribution in [2.75, 3.05) is 13.1 Å². The first-order valence-corrected chi connectivity index (χ1v) is 9.39. The highest BCUT2D eigenvalue weighted by atomic mass is 19.4. The number of alkyl halides is 3. The summed E-state index contributed by atoms with van der Waals surface area (Å²) in [5.74, 6) is -0.162. The molecule has 0 saturated carbocycles. The average molecular weight is 414 g/mol. The van der Waals surface area contributed by atoms with Gasteiger partial charge in [0.1, 0.15) is 0 Å². The van der Waals surface area contributed by atoms with Gasteiger partial charge in [0.05, 0.1) is 34.0 Å². The number of benzene rings is 1. The minimum Gasteiger partial charge on any atom is -0.338 e. The number of nitrogens with zero attached hydrogens (tertiary/aromatic N) is 4. The zero-order valence-electron chi connectivity index (χ0n) is 16.0. The van der Waals surface area contributed by atoms with Gasteiger partial charge in [-0.2, -0.15) is 18.4 Å². The number of rotatable bonds is 3. The minimum absolute atomic E-state index is 0.0959. The van der Waals surface area contributed by atoms with Crippen molar-refractivity contribution in [2.45, 2.75) is 25.9 Å². The Kier molecular flexibility index (Phi) is 4.94. The van der Waals surface area contributed by atoms with Crippen LogP contribution in [-0.2, 0) is 6.18 Å². The fourth-order valence-corrected chi connectivity index (χ4v) is 3.75. The van der Waals surface area contributed by atoms with Gasteiger partial charge in [0, 0.05) is 25.1 Å². The number of nitriles is 1. The zero-order chi connectivity index (χ0) is 21.5. The van der Waals surface area contributed by atoms with Crippen LogP contribution in [0.3, 0.4) is 0 Å². The first kappa shape index (κ1) is 19.9. The number of carbonyl (C=O) groups is 1. The number of aromatic nitrogens is 2. The summed E-state index contributed by atoms with van der Waals surface area (Å²) in [5, 5.41) is 13.2. The van der Waals surface area contributed by atoms with Gasteiger partial charge in [-0.1, -0.05) is 17.3 Å². The number of pyridine rings is 1. The van der Waals surface area contributed by atoms with Gasteiger partial charge in [-0.15, -0.1) is 0 Å². The third-order valence-electron chi connectivity index (χ3n) is 5.29. The summed E-state index contributed by atoms with van der Waals surface area (Å²) in [7, 11) is 0. The first-order valence-electron chi connectivity index (χ1n) is 9.39. The lowest BCUT2D eigenvalue weighted by Gasteiger charge is -2.17. The van der Waals surface area contributed by atoms with E-state index in [0.717, 1.165) is 18.6 Å². The van der Waals surface area contributed by atoms with Crippen LogP contribution in [0.4, 0.5) is 13.2 Å². The van der Waals surface area contributed by atoms with Crippen molar-refractivity contribution in [1.29, 1.82) is 5.26 Å². The van der Waals surface area contributed by atoms with Crippen molar-refractivity contribution in [2.24, 2.45) is 5.92 Å². The second-order valence-corrected chi connectivity index (χ2v) is 7.35. The number of aryl methyl sites for hydroxylation is 1. The van der Waals surface area contributed by atoms with Gasteiger partial charge in [-0.3, -0.25) is 4.79 Å². The molecule has 3 aromatic rings. The monoisotopic (exact) mass is 414 g/mol. The Bertz CT molecular complexity index is 1160. The van der Waals surface area contributed by atoms with Crippen molar-refractivity contribution in [3.05, 3.63) is 47.2 Å². The molecule has 0 aliphatic carbocycles. The van der Waals surface area contributed by atoms with E-state index in [2.05, 4.69) is 16.2 Å². The number of hydrogen-bond acceptors (Lipinski definition) is 5. The van der Waals surface area contributed by atoms with Crippen molar-refractivity contribution in [3.8, 4) is 17.3 Å². The summed E-state index contributed by atoms with van der Waals surface area (Å²) in [5.41, 5.74) is 0.466. The molecule has 0 N–H and O–H groups in total. The van der Waals surface area contributed by atoms with Crippen LogP contribution in [0.5, 0.6) is 0 Å². The number of likely N-dealkylation sites (tertiary alicyclic amines) is 1. The summed E-state index contributed by atoms with van der Waals surface area (Å²) in [6.07, 6.45) is -3.39. The molecular formula is C21H17F3N4O2. The normalized spacial score (nSPS) is 16.8. The van der Waals surface area contributed by atoms with Crippen molar-refractivity contribution >= 4 is 17.0 Å². The second-order valence-electron chi connectivity index (χ2n) is 7.35. The Morgan fingerprint density at radius 2 is 2.17 bits per heavy atom. The lowest BCUT2D eigenvalue weighted by molar-refractivity contribution is -0.137. The largest absolute Gasteiger partial charge is 0.416 e. The molecule has 3 heterocycles. The van der Waals surface area contributed by atoms with Gasteiger partial charge in [-0.05, 0) is 37.5 Å². The Balaban J connectivity index is 1.78. The second kappa shape index (κ2) is 7.44. The summed E-state index contributed by atoms with van der Waals surface area (Å²) < 4.78 is 44.6. The van der Waals surface area contributed by atoms with Crippen LogP contribution in [0.1, 0.15) is 34.5 Å². The van der Waals surface area contributed by atoms with E-state index in [-0.39, 0.29) is 34.4 Å². The average Bonchev–Trinajstić information content (AvgIpc) is 3.34. The van der Waals surface area contributed by atoms with E-state index in [4.69, 9.17) is 9.78 Å². The Morgan fingerprint density at radius 3 is 2.90 bits per heavy atom. The summed E-state index contributed by atoms with van der Waals surface area (Å²) in [4.78, 5) is 19.2. The molecule has 2 aromatic heterocycles. The van der Waals surface area contributed by atoms with Crippen LogP contribution in [0, 0.1) is 24.2 Å². The predicted molar refractivity (Wildman–Crippen MR) is 101 cm³/mol.